The van der Waals surface area contributed by atoms with Crippen LogP contribution in [0.2, 0.25) is 0 Å². The normalized spacial score (nSPS) is 22.1. The molecule has 2 rings (SSSR count). The Balaban J connectivity index is 2.32. The molecule has 7 heteroatoms. The largest absolute Gasteiger partial charge is 0.453 e. The molecule has 1 aliphatic rings. The average Bonchev–Trinajstić information content (AvgIpc) is 2.45. The van der Waals surface area contributed by atoms with Crippen molar-refractivity contribution >= 4 is 0 Å². The van der Waals surface area contributed by atoms with Crippen LogP contribution in [-0.4, -0.2) is 20.8 Å². The van der Waals surface area contributed by atoms with Crippen LogP contribution in [0, 0.1) is 0 Å². The maximum atomic E-state index is 12.2. The van der Waals surface area contributed by atoms with Crippen molar-refractivity contribution in [3.05, 3.63) is 11.6 Å². The molecule has 14 heavy (non-hydrogen) atoms. The highest BCUT2D eigenvalue weighted by Crippen LogP contribution is 2.27. The summed E-state index contributed by atoms with van der Waals surface area (Å²) in [6.07, 6.45) is -3.34. The van der Waals surface area contributed by atoms with E-state index in [2.05, 4.69) is 10.1 Å². The number of nitrogens with zero attached hydrogens (tertiary/aromatic N) is 3. The van der Waals surface area contributed by atoms with Gasteiger partial charge in [0.05, 0.1) is 6.54 Å². The molecular weight excluding hydrogens is 197 g/mol. The molecule has 0 spiro atoms. The summed E-state index contributed by atoms with van der Waals surface area (Å²) in [5, 5.41) is 3.37. The number of fused-ring (bicyclic) bond motifs is 1. The number of hydrogen-bond donors (Lipinski definition) is 1. The Morgan fingerprint density at radius 2 is 2.14 bits per heavy atom. The van der Waals surface area contributed by atoms with Gasteiger partial charge in [0.25, 0.3) is 5.82 Å². The standard InChI is InChI=1S/C7H9F3N4/c8-7(9,10)6-12-5-2-1-4(11)3-14(5)13-6/h4H,1-3,11H2. The Bertz CT molecular complexity index is 343. The van der Waals surface area contributed by atoms with Crippen molar-refractivity contribution in [2.24, 2.45) is 5.73 Å². The highest BCUT2D eigenvalue weighted by molar-refractivity contribution is 5.00. The molecular formula is C7H9F3N4. The number of alkyl halides is 3. The lowest BCUT2D eigenvalue weighted by atomic mass is 10.1. The minimum Gasteiger partial charge on any atom is -0.326 e. The molecule has 1 aromatic rings. The Kier molecular flexibility index (Phi) is 1.99. The topological polar surface area (TPSA) is 56.7 Å². The summed E-state index contributed by atoms with van der Waals surface area (Å²) in [5.74, 6) is -0.694. The molecule has 0 aromatic carbocycles. The third-order valence-electron chi connectivity index (χ3n) is 2.15. The molecule has 1 aromatic heterocycles. The van der Waals surface area contributed by atoms with Gasteiger partial charge in [0.2, 0.25) is 0 Å². The number of nitrogens with two attached hydrogens (primary N) is 1. The molecule has 0 saturated heterocycles. The molecule has 4 nitrogen and oxygen atoms in total. The van der Waals surface area contributed by atoms with E-state index in [1.807, 2.05) is 0 Å². The lowest BCUT2D eigenvalue weighted by Crippen LogP contribution is -2.32. The molecule has 0 saturated carbocycles. The van der Waals surface area contributed by atoms with Crippen LogP contribution in [0.4, 0.5) is 13.2 Å². The first kappa shape index (κ1) is 9.45. The van der Waals surface area contributed by atoms with Gasteiger partial charge in [-0.05, 0) is 6.42 Å². The Labute approximate surface area is 77.9 Å². The number of rotatable bonds is 0. The van der Waals surface area contributed by atoms with Gasteiger partial charge in [-0.25, -0.2) is 9.67 Å². The van der Waals surface area contributed by atoms with Gasteiger partial charge >= 0.3 is 6.18 Å². The van der Waals surface area contributed by atoms with Crippen LogP contribution in [0.3, 0.4) is 0 Å². The van der Waals surface area contributed by atoms with Gasteiger partial charge in [0, 0.05) is 12.5 Å². The summed E-state index contributed by atoms with van der Waals surface area (Å²) < 4.78 is 37.9. The zero-order valence-corrected chi connectivity index (χ0v) is 7.25. The smallest absolute Gasteiger partial charge is 0.326 e. The Morgan fingerprint density at radius 3 is 2.79 bits per heavy atom. The van der Waals surface area contributed by atoms with Gasteiger partial charge in [-0.15, -0.1) is 5.10 Å². The van der Waals surface area contributed by atoms with Gasteiger partial charge in [0.1, 0.15) is 5.82 Å². The summed E-state index contributed by atoms with van der Waals surface area (Å²) in [7, 11) is 0. The molecule has 0 radical (unpaired) electrons. The molecule has 0 aliphatic carbocycles. The first-order valence-electron chi connectivity index (χ1n) is 4.23. The van der Waals surface area contributed by atoms with Crippen LogP contribution in [0.15, 0.2) is 0 Å². The second kappa shape index (κ2) is 2.94. The van der Waals surface area contributed by atoms with Gasteiger partial charge in [-0.3, -0.25) is 0 Å². The summed E-state index contributed by atoms with van der Waals surface area (Å²) >= 11 is 0. The predicted octanol–water partition coefficient (Wildman–Crippen LogP) is 0.570. The fourth-order valence-electron chi connectivity index (χ4n) is 1.45. The van der Waals surface area contributed by atoms with Crippen molar-refractivity contribution in [2.75, 3.05) is 0 Å². The minimum atomic E-state index is -4.46. The van der Waals surface area contributed by atoms with E-state index in [0.29, 0.717) is 25.2 Å². The first-order valence-corrected chi connectivity index (χ1v) is 4.23. The Morgan fingerprint density at radius 1 is 1.43 bits per heavy atom. The molecule has 78 valence electrons. The highest BCUT2D eigenvalue weighted by Gasteiger charge is 2.37. The van der Waals surface area contributed by atoms with Crippen LogP contribution in [-0.2, 0) is 19.1 Å². The van der Waals surface area contributed by atoms with Crippen LogP contribution < -0.4 is 5.73 Å². The Hall–Kier alpha value is -1.11. The average molecular weight is 206 g/mol. The molecule has 2 N–H and O–H groups in total. The van der Waals surface area contributed by atoms with Gasteiger partial charge in [-0.1, -0.05) is 0 Å². The highest BCUT2D eigenvalue weighted by atomic mass is 19.4. The molecule has 0 fully saturated rings. The van der Waals surface area contributed by atoms with E-state index in [1.165, 1.54) is 4.68 Å². The third-order valence-corrected chi connectivity index (χ3v) is 2.15. The van der Waals surface area contributed by atoms with Crippen molar-refractivity contribution < 1.29 is 13.2 Å². The summed E-state index contributed by atoms with van der Waals surface area (Å²) in [5.41, 5.74) is 5.60. The van der Waals surface area contributed by atoms with Crippen molar-refractivity contribution in [2.45, 2.75) is 31.6 Å². The van der Waals surface area contributed by atoms with Gasteiger partial charge < -0.3 is 5.73 Å². The van der Waals surface area contributed by atoms with E-state index < -0.39 is 12.0 Å². The predicted molar refractivity (Wildman–Crippen MR) is 41.3 cm³/mol. The molecule has 0 bridgehead atoms. The molecule has 0 amide bonds. The number of halogens is 3. The first-order chi connectivity index (χ1) is 6.47. The third kappa shape index (κ3) is 1.59. The van der Waals surface area contributed by atoms with Gasteiger partial charge in [-0.2, -0.15) is 13.2 Å². The van der Waals surface area contributed by atoms with Crippen molar-refractivity contribution in [3.8, 4) is 0 Å². The van der Waals surface area contributed by atoms with Crippen LogP contribution >= 0.6 is 0 Å². The minimum absolute atomic E-state index is 0.120. The molecule has 1 aliphatic heterocycles. The number of hydrogen-bond acceptors (Lipinski definition) is 3. The SMILES string of the molecule is NC1CCc2nc(C(F)(F)F)nn2C1. The fourth-order valence-corrected chi connectivity index (χ4v) is 1.45. The van der Waals surface area contributed by atoms with Gasteiger partial charge in [0.15, 0.2) is 0 Å². The molecule has 2 heterocycles. The zero-order valence-electron chi connectivity index (χ0n) is 7.25. The van der Waals surface area contributed by atoms with Crippen LogP contribution in [0.5, 0.6) is 0 Å². The lowest BCUT2D eigenvalue weighted by molar-refractivity contribution is -0.145. The lowest BCUT2D eigenvalue weighted by Gasteiger charge is -2.17. The summed E-state index contributed by atoms with van der Waals surface area (Å²) in [6, 6.07) is -0.120. The fraction of sp³-hybridized carbons (Fsp3) is 0.714. The van der Waals surface area contributed by atoms with E-state index in [4.69, 9.17) is 5.73 Å². The summed E-state index contributed by atoms with van der Waals surface area (Å²) in [6.45, 7) is 0.318. The maximum absolute atomic E-state index is 12.2. The second-order valence-corrected chi connectivity index (χ2v) is 3.33. The monoisotopic (exact) mass is 206 g/mol. The molecule has 1 unspecified atom stereocenters. The van der Waals surface area contributed by atoms with E-state index >= 15 is 0 Å². The zero-order chi connectivity index (χ0) is 10.3. The van der Waals surface area contributed by atoms with Crippen molar-refractivity contribution in [3.63, 3.8) is 0 Å². The second-order valence-electron chi connectivity index (χ2n) is 3.33. The quantitative estimate of drug-likeness (QED) is 0.675. The number of aromatic nitrogens is 3. The summed E-state index contributed by atoms with van der Waals surface area (Å²) in [4.78, 5) is 3.43. The van der Waals surface area contributed by atoms with Crippen molar-refractivity contribution in [1.82, 2.24) is 14.8 Å². The number of aryl methyl sites for hydroxylation is 1. The van der Waals surface area contributed by atoms with E-state index in [0.717, 1.165) is 0 Å². The maximum Gasteiger partial charge on any atom is 0.453 e. The van der Waals surface area contributed by atoms with Crippen molar-refractivity contribution in [1.29, 1.82) is 0 Å². The molecule has 1 atom stereocenters. The van der Waals surface area contributed by atoms with E-state index in [1.54, 1.807) is 0 Å². The van der Waals surface area contributed by atoms with Crippen LogP contribution in [0.25, 0.3) is 0 Å². The van der Waals surface area contributed by atoms with E-state index in [9.17, 15) is 13.2 Å². The van der Waals surface area contributed by atoms with E-state index in [-0.39, 0.29) is 6.04 Å². The van der Waals surface area contributed by atoms with Crippen LogP contribution in [0.1, 0.15) is 18.1 Å².